The molecule has 0 bridgehead atoms. The molecule has 0 fully saturated rings. The first-order valence-electron chi connectivity index (χ1n) is 12.0. The number of halogens is 3. The van der Waals surface area contributed by atoms with E-state index in [9.17, 15) is 9.90 Å². The van der Waals surface area contributed by atoms with Crippen molar-refractivity contribution in [1.29, 1.82) is 0 Å². The van der Waals surface area contributed by atoms with E-state index in [1.165, 1.54) is 19.2 Å². The summed E-state index contributed by atoms with van der Waals surface area (Å²) in [5, 5.41) is 20.7. The summed E-state index contributed by atoms with van der Waals surface area (Å²) in [6.07, 6.45) is 0.521. The van der Waals surface area contributed by atoms with Crippen molar-refractivity contribution in [1.82, 2.24) is 10.3 Å². The molecule has 0 saturated heterocycles. The summed E-state index contributed by atoms with van der Waals surface area (Å²) in [5.74, 6) is -1.21. The van der Waals surface area contributed by atoms with Crippen molar-refractivity contribution in [2.24, 2.45) is 0 Å². The lowest BCUT2D eigenvalue weighted by molar-refractivity contribution is 0.0712. The molecule has 2 heterocycles. The third kappa shape index (κ3) is 4.31. The van der Waals surface area contributed by atoms with Gasteiger partial charge in [0.2, 0.25) is 0 Å². The van der Waals surface area contributed by atoms with Crippen molar-refractivity contribution in [2.45, 2.75) is 38.5 Å². The molecule has 0 radical (unpaired) electrons. The van der Waals surface area contributed by atoms with Crippen LogP contribution < -0.4 is 20.7 Å². The number of benzene rings is 3. The highest BCUT2D eigenvalue weighted by Gasteiger charge is 2.44. The number of aryl methyl sites for hydroxylation is 1. The molecule has 1 aromatic heterocycles. The molecular formula is C28H27ClF2N4O3. The van der Waals surface area contributed by atoms with Crippen LogP contribution in [0.5, 0.6) is 5.75 Å². The molecule has 2 atom stereocenters. The Kier molecular flexibility index (Phi) is 6.44. The molecule has 2 amide bonds. The molecule has 0 spiro atoms. The molecule has 5 rings (SSSR count). The molecule has 198 valence electrons. The van der Waals surface area contributed by atoms with Gasteiger partial charge in [-0.2, -0.15) is 0 Å². The molecule has 3 aromatic carbocycles. The van der Waals surface area contributed by atoms with E-state index in [1.807, 2.05) is 13.0 Å². The first-order valence-corrected chi connectivity index (χ1v) is 12.4. The molecule has 0 saturated carbocycles. The van der Waals surface area contributed by atoms with E-state index in [0.717, 1.165) is 10.9 Å². The van der Waals surface area contributed by atoms with Crippen molar-refractivity contribution < 1.29 is 23.4 Å². The zero-order valence-electron chi connectivity index (χ0n) is 21.2. The molecule has 7 nitrogen and oxygen atoms in total. The zero-order valence-corrected chi connectivity index (χ0v) is 21.9. The fraction of sp³-hybridized carbons (Fsp3) is 0.250. The fourth-order valence-corrected chi connectivity index (χ4v) is 5.25. The van der Waals surface area contributed by atoms with E-state index in [-0.39, 0.29) is 16.8 Å². The third-order valence-electron chi connectivity index (χ3n) is 6.97. The fourth-order valence-electron chi connectivity index (χ4n) is 4.99. The molecule has 0 aliphatic carbocycles. The summed E-state index contributed by atoms with van der Waals surface area (Å²) < 4.78 is 36.9. The number of amides is 2. The van der Waals surface area contributed by atoms with Crippen LogP contribution in [0.4, 0.5) is 25.0 Å². The van der Waals surface area contributed by atoms with Gasteiger partial charge in [0, 0.05) is 34.1 Å². The normalized spacial score (nSPS) is 18.0. The van der Waals surface area contributed by atoms with Crippen molar-refractivity contribution >= 4 is 39.9 Å². The Morgan fingerprint density at radius 1 is 1.18 bits per heavy atom. The number of fused-ring (bicyclic) bond motifs is 2. The average molecular weight is 541 g/mol. The number of para-hydroxylation sites is 1. The molecule has 1 aliphatic heterocycles. The number of hydrogen-bond acceptors (Lipinski definition) is 4. The van der Waals surface area contributed by atoms with E-state index in [4.69, 9.17) is 16.3 Å². The van der Waals surface area contributed by atoms with Gasteiger partial charge in [-0.25, -0.2) is 13.6 Å². The number of ether oxygens (including phenoxy) is 1. The summed E-state index contributed by atoms with van der Waals surface area (Å²) in [6.45, 7) is 5.27. The maximum Gasteiger partial charge on any atom is 0.319 e. The van der Waals surface area contributed by atoms with Gasteiger partial charge < -0.3 is 30.8 Å². The predicted molar refractivity (Wildman–Crippen MR) is 145 cm³/mol. The summed E-state index contributed by atoms with van der Waals surface area (Å²) >= 11 is 6.15. The lowest BCUT2D eigenvalue weighted by atomic mass is 9.81. The minimum Gasteiger partial charge on any atom is -0.495 e. The SMILES string of the molecule is COc1ccc(NC(=O)N[C@H]2c3c(cc(F)c(-c4cccc5c(C)c[nH]c45)c3F)NC(C)(C)C2O)cc1Cl. The summed E-state index contributed by atoms with van der Waals surface area (Å²) in [5.41, 5.74) is 1.07. The highest BCUT2D eigenvalue weighted by molar-refractivity contribution is 6.32. The molecule has 1 unspecified atom stereocenters. The lowest BCUT2D eigenvalue weighted by Gasteiger charge is -2.43. The van der Waals surface area contributed by atoms with Crippen LogP contribution >= 0.6 is 11.6 Å². The molecule has 5 N–H and O–H groups in total. The first-order chi connectivity index (χ1) is 18.0. The highest BCUT2D eigenvalue weighted by atomic mass is 35.5. The molecule has 10 heteroatoms. The number of methoxy groups -OCH3 is 1. The zero-order chi connectivity index (χ0) is 27.4. The van der Waals surface area contributed by atoms with Crippen LogP contribution in [0, 0.1) is 18.6 Å². The Morgan fingerprint density at radius 3 is 2.66 bits per heavy atom. The highest BCUT2D eigenvalue weighted by Crippen LogP contribution is 2.44. The number of urea groups is 1. The number of hydrogen-bond donors (Lipinski definition) is 5. The van der Waals surface area contributed by atoms with Gasteiger partial charge in [-0.15, -0.1) is 0 Å². The Labute approximate surface area is 223 Å². The number of rotatable bonds is 4. The van der Waals surface area contributed by atoms with E-state index >= 15 is 8.78 Å². The molecule has 4 aromatic rings. The van der Waals surface area contributed by atoms with Gasteiger partial charge in [-0.3, -0.25) is 0 Å². The van der Waals surface area contributed by atoms with Crippen LogP contribution in [-0.4, -0.2) is 34.9 Å². The lowest BCUT2D eigenvalue weighted by Crippen LogP contribution is -2.55. The average Bonchev–Trinajstić information content (AvgIpc) is 3.23. The number of aliphatic hydroxyl groups is 1. The first kappa shape index (κ1) is 25.8. The second-order valence-electron chi connectivity index (χ2n) is 9.93. The van der Waals surface area contributed by atoms with E-state index in [1.54, 1.807) is 44.3 Å². The molecule has 1 aliphatic rings. The Bertz CT molecular complexity index is 1570. The summed E-state index contributed by atoms with van der Waals surface area (Å²) in [6, 6.07) is 9.22. The largest absolute Gasteiger partial charge is 0.495 e. The van der Waals surface area contributed by atoms with Gasteiger partial charge in [0.1, 0.15) is 23.5 Å². The Balaban J connectivity index is 1.57. The third-order valence-corrected chi connectivity index (χ3v) is 7.26. The maximum atomic E-state index is 16.3. The van der Waals surface area contributed by atoms with Crippen molar-refractivity contribution in [3.05, 3.63) is 76.4 Å². The maximum absolute atomic E-state index is 16.3. The summed E-state index contributed by atoms with van der Waals surface area (Å²) in [7, 11) is 1.47. The second-order valence-corrected chi connectivity index (χ2v) is 10.3. The monoisotopic (exact) mass is 540 g/mol. The number of nitrogens with one attached hydrogen (secondary N) is 4. The Hall–Kier alpha value is -3.82. The van der Waals surface area contributed by atoms with E-state index in [0.29, 0.717) is 27.5 Å². The van der Waals surface area contributed by atoms with Crippen LogP contribution in [-0.2, 0) is 0 Å². The minimum atomic E-state index is -1.25. The van der Waals surface area contributed by atoms with Gasteiger partial charge in [0.05, 0.1) is 34.8 Å². The standard InChI is InChI=1S/C28H27ClF2N4O3/c1-13-12-32-24-15(13)6-5-7-16(24)21-18(30)11-19-22(23(21)31)25(26(36)28(2,3)35-19)34-27(37)33-14-8-9-20(38-4)17(29)10-14/h5-12,25-26,32,35-36H,1-4H3,(H2,33,34,37)/t25-,26?/m0/s1. The van der Waals surface area contributed by atoms with Crippen molar-refractivity contribution in [2.75, 3.05) is 17.7 Å². The number of aromatic nitrogens is 1. The van der Waals surface area contributed by atoms with Gasteiger partial charge in [-0.05, 0) is 50.6 Å². The number of aliphatic hydroxyl groups excluding tert-OH is 1. The van der Waals surface area contributed by atoms with Gasteiger partial charge >= 0.3 is 6.03 Å². The number of carbonyl (C=O) groups excluding carboxylic acids is 1. The van der Waals surface area contributed by atoms with Crippen LogP contribution in [0.15, 0.2) is 48.7 Å². The van der Waals surface area contributed by atoms with E-state index < -0.39 is 35.4 Å². The molecule has 38 heavy (non-hydrogen) atoms. The number of anilines is 2. The summed E-state index contributed by atoms with van der Waals surface area (Å²) in [4.78, 5) is 16.1. The van der Waals surface area contributed by atoms with Crippen LogP contribution in [0.25, 0.3) is 22.0 Å². The predicted octanol–water partition coefficient (Wildman–Crippen LogP) is 6.51. The van der Waals surface area contributed by atoms with E-state index in [2.05, 4.69) is 20.9 Å². The number of H-pyrrole nitrogens is 1. The van der Waals surface area contributed by atoms with Gasteiger partial charge in [-0.1, -0.05) is 29.8 Å². The topological polar surface area (TPSA) is 98.4 Å². The minimum absolute atomic E-state index is 0.0450. The van der Waals surface area contributed by atoms with Crippen molar-refractivity contribution in [3.63, 3.8) is 0 Å². The second kappa shape index (κ2) is 9.49. The van der Waals surface area contributed by atoms with Crippen LogP contribution in [0.3, 0.4) is 0 Å². The van der Waals surface area contributed by atoms with Crippen LogP contribution in [0.2, 0.25) is 5.02 Å². The molecular weight excluding hydrogens is 514 g/mol. The van der Waals surface area contributed by atoms with Gasteiger partial charge in [0.15, 0.2) is 0 Å². The van der Waals surface area contributed by atoms with Gasteiger partial charge in [0.25, 0.3) is 0 Å². The van der Waals surface area contributed by atoms with Crippen molar-refractivity contribution in [3.8, 4) is 16.9 Å². The smallest absolute Gasteiger partial charge is 0.319 e. The van der Waals surface area contributed by atoms with Crippen LogP contribution in [0.1, 0.15) is 31.0 Å². The Morgan fingerprint density at radius 2 is 1.95 bits per heavy atom. The quantitative estimate of drug-likeness (QED) is 0.204. The number of aromatic amines is 1. The number of carbonyl (C=O) groups is 1.